The first kappa shape index (κ1) is 72.5. The molecule has 0 radical (unpaired) electrons. The smallest absolute Gasteiger partial charge is 0.211 e. The Hall–Kier alpha value is -4.20. The third-order valence-corrected chi connectivity index (χ3v) is 23.2. The molecular formula is C58H96N10O14S4. The summed E-state index contributed by atoms with van der Waals surface area (Å²) in [7, 11) is -3.95. The fourth-order valence-corrected chi connectivity index (χ4v) is 13.9. The molecule has 0 amide bonds. The highest BCUT2D eigenvalue weighted by Gasteiger charge is 2.44. The topological polar surface area (TPSA) is 305 Å². The number of rotatable bonds is 24. The Bertz CT molecular complexity index is 3190. The van der Waals surface area contributed by atoms with Crippen LogP contribution in [-0.4, -0.2) is 228 Å². The summed E-state index contributed by atoms with van der Waals surface area (Å²) in [6.07, 6.45) is 8.66. The first-order valence-electron chi connectivity index (χ1n) is 29.0. The van der Waals surface area contributed by atoms with Crippen molar-refractivity contribution >= 4 is 58.8 Å². The second-order valence-electron chi connectivity index (χ2n) is 26.8. The highest BCUT2D eigenvalue weighted by Crippen LogP contribution is 2.36. The Morgan fingerprint density at radius 3 is 1.14 bits per heavy atom. The summed E-state index contributed by atoms with van der Waals surface area (Å²) in [6, 6.07) is 5.41. The van der Waals surface area contributed by atoms with Crippen molar-refractivity contribution in [1.29, 1.82) is 0 Å². The maximum absolute atomic E-state index is 13.2. The number of aryl methyl sites for hydroxylation is 1. The molecule has 0 saturated carbocycles. The molecule has 28 heteroatoms. The number of sulfonamides is 3. The molecule has 0 aliphatic carbocycles. The Labute approximate surface area is 514 Å². The fourth-order valence-electron chi connectivity index (χ4n) is 10.4. The van der Waals surface area contributed by atoms with E-state index >= 15 is 0 Å². The second-order valence-corrected chi connectivity index (χ2v) is 34.0. The van der Waals surface area contributed by atoms with Crippen molar-refractivity contribution in [3.05, 3.63) is 68.6 Å². The van der Waals surface area contributed by atoms with Gasteiger partial charge in [-0.1, -0.05) is 43.2 Å². The van der Waals surface area contributed by atoms with Gasteiger partial charge in [0, 0.05) is 103 Å². The van der Waals surface area contributed by atoms with Crippen molar-refractivity contribution in [2.24, 2.45) is 0 Å². The predicted molar refractivity (Wildman–Crippen MR) is 329 cm³/mol. The van der Waals surface area contributed by atoms with E-state index in [1.165, 1.54) is 31.7 Å². The van der Waals surface area contributed by atoms with Gasteiger partial charge in [0.05, 0.1) is 89.9 Å². The molecule has 486 valence electrons. The molecule has 86 heavy (non-hydrogen) atoms. The van der Waals surface area contributed by atoms with Crippen molar-refractivity contribution in [2.75, 3.05) is 92.4 Å². The van der Waals surface area contributed by atoms with Crippen LogP contribution in [0.3, 0.4) is 0 Å². The van der Waals surface area contributed by atoms with Crippen LogP contribution >= 0.6 is 11.3 Å². The summed E-state index contributed by atoms with van der Waals surface area (Å²) in [6.45, 7) is 27.3. The minimum atomic E-state index is -3.22. The van der Waals surface area contributed by atoms with Gasteiger partial charge in [0.1, 0.15) is 17.3 Å². The lowest BCUT2D eigenvalue weighted by Gasteiger charge is -2.43. The molecule has 2 atom stereocenters. The predicted octanol–water partition coefficient (Wildman–Crippen LogP) is 4.61. The fraction of sp³-hybridized carbons (Fsp3) is 0.741. The van der Waals surface area contributed by atoms with Gasteiger partial charge < -0.3 is 23.8 Å². The summed E-state index contributed by atoms with van der Waals surface area (Å²) < 4.78 is 91.1. The lowest BCUT2D eigenvalue weighted by Crippen LogP contribution is -2.56. The van der Waals surface area contributed by atoms with Gasteiger partial charge in [0.25, 0.3) is 0 Å². The molecule has 0 spiro atoms. The molecule has 2 N–H and O–H groups in total. The SMILES string of the molecule is CN([C@@H]1CCN(S(C)(=O)=O)C1)C(C)(C)C(=O)Cc1cc(C(C)(C)CO)no1.CN([C@H]1CCN(S(C)(=O)=O)C1)C(C)(C)C(=O)Cc1cc(C(C)(C)CO)no1.Cc1ncc(C(C)(C)c2cc(CC(=O)C(C)(C)N(C)C3CCN(S(C)(=O)=O)CC3)on2)s1. The van der Waals surface area contributed by atoms with Crippen molar-refractivity contribution in [3.8, 4) is 0 Å². The standard InChI is InChI=1S/C22H34N4O4S2.2C18H31N3O5S/c1-15-23-14-20(31-15)21(2,3)18-12-17(30-24-18)13-19(27)22(4,5)25(6)16-8-10-26(11-9-16)32(7,28)29;2*1-17(2,12-22)15-9-14(26-19-15)10-16(23)18(3,4)20(5)13-7-8-21(11-13)27(6,24)25/h12,14,16H,8-11,13H2,1-7H3;2*9,13,22H,7-8,10-12H2,1-6H3/t;2*13-/m.10/s1. The molecule has 4 aromatic rings. The van der Waals surface area contributed by atoms with Crippen molar-refractivity contribution in [1.82, 2.24) is 48.1 Å². The van der Waals surface area contributed by atoms with Gasteiger partial charge in [-0.25, -0.2) is 43.2 Å². The largest absolute Gasteiger partial charge is 0.395 e. The minimum absolute atomic E-state index is 0.0164. The van der Waals surface area contributed by atoms with E-state index in [4.69, 9.17) is 13.6 Å². The van der Waals surface area contributed by atoms with E-state index in [0.29, 0.717) is 93.6 Å². The molecule has 24 nitrogen and oxygen atoms in total. The number of hydrogen-bond donors (Lipinski definition) is 2. The molecule has 3 saturated heterocycles. The van der Waals surface area contributed by atoms with Crippen molar-refractivity contribution in [3.63, 3.8) is 0 Å². The molecule has 3 aliphatic rings. The number of ketones is 3. The average molecular weight is 1290 g/mol. The quantitative estimate of drug-likeness (QED) is 0.0967. The Morgan fingerprint density at radius 1 is 0.535 bits per heavy atom. The van der Waals surface area contributed by atoms with Gasteiger partial charge in [-0.15, -0.1) is 11.3 Å². The second kappa shape index (κ2) is 27.5. The lowest BCUT2D eigenvalue weighted by molar-refractivity contribution is -0.130. The summed E-state index contributed by atoms with van der Waals surface area (Å²) in [5.74, 6) is 1.44. The molecule has 3 aliphatic heterocycles. The van der Waals surface area contributed by atoms with E-state index in [0.717, 1.165) is 15.6 Å². The number of thiazole rings is 1. The van der Waals surface area contributed by atoms with Gasteiger partial charge in [0.15, 0.2) is 17.3 Å². The molecule has 7 heterocycles. The van der Waals surface area contributed by atoms with Crippen LogP contribution < -0.4 is 0 Å². The van der Waals surface area contributed by atoms with Gasteiger partial charge in [0.2, 0.25) is 30.1 Å². The highest BCUT2D eigenvalue weighted by molar-refractivity contribution is 7.88. The number of Topliss-reactive ketones (excluding diaryl/α,β-unsaturated/α-hetero) is 3. The molecule has 4 aromatic heterocycles. The average Bonchev–Trinajstić information content (AvgIpc) is 4.36. The van der Waals surface area contributed by atoms with E-state index in [1.54, 1.807) is 23.5 Å². The van der Waals surface area contributed by atoms with E-state index in [2.05, 4.69) is 39.2 Å². The molecular weight excluding hydrogens is 1190 g/mol. The summed E-state index contributed by atoms with van der Waals surface area (Å²) in [5.41, 5.74) is -1.69. The Balaban J connectivity index is 0.000000237. The Morgan fingerprint density at radius 2 is 0.837 bits per heavy atom. The molecule has 7 rings (SSSR count). The number of hydrogen-bond acceptors (Lipinski definition) is 22. The number of nitrogens with zero attached hydrogens (tertiary/aromatic N) is 10. The molecule has 3 fully saturated rings. The zero-order chi connectivity index (χ0) is 65.1. The number of aliphatic hydroxyl groups is 2. The van der Waals surface area contributed by atoms with Crippen LogP contribution in [0.4, 0.5) is 0 Å². The van der Waals surface area contributed by atoms with Crippen LogP contribution in [0.2, 0.25) is 0 Å². The minimum Gasteiger partial charge on any atom is -0.395 e. The monoisotopic (exact) mass is 1280 g/mol. The zero-order valence-electron chi connectivity index (χ0n) is 54.0. The van der Waals surface area contributed by atoms with Crippen LogP contribution in [0.25, 0.3) is 0 Å². The molecule has 0 bridgehead atoms. The maximum Gasteiger partial charge on any atom is 0.211 e. The van der Waals surface area contributed by atoms with Crippen LogP contribution in [0.1, 0.15) is 153 Å². The first-order valence-corrected chi connectivity index (χ1v) is 35.3. The zero-order valence-corrected chi connectivity index (χ0v) is 57.3. The van der Waals surface area contributed by atoms with E-state index in [-0.39, 0.29) is 73.4 Å². The number of carbonyl (C=O) groups excluding carboxylic acids is 3. The van der Waals surface area contributed by atoms with E-state index < -0.39 is 57.5 Å². The number of piperidine rings is 1. The maximum atomic E-state index is 13.2. The third kappa shape index (κ3) is 17.6. The van der Waals surface area contributed by atoms with Crippen LogP contribution in [0.15, 0.2) is 38.0 Å². The number of aliphatic hydroxyl groups excluding tert-OH is 2. The van der Waals surface area contributed by atoms with Gasteiger partial charge >= 0.3 is 0 Å². The summed E-state index contributed by atoms with van der Waals surface area (Å²) in [4.78, 5) is 50.5. The van der Waals surface area contributed by atoms with Gasteiger partial charge in [-0.05, 0) is 109 Å². The van der Waals surface area contributed by atoms with Crippen LogP contribution in [0, 0.1) is 6.92 Å². The van der Waals surface area contributed by atoms with Crippen molar-refractivity contribution in [2.45, 2.75) is 186 Å². The molecule has 0 unspecified atom stereocenters. The van der Waals surface area contributed by atoms with Crippen molar-refractivity contribution < 1.29 is 63.4 Å². The Kier molecular flexibility index (Phi) is 23.2. The van der Waals surface area contributed by atoms with Crippen LogP contribution in [0.5, 0.6) is 0 Å². The molecule has 0 aromatic carbocycles. The van der Waals surface area contributed by atoms with Gasteiger partial charge in [-0.2, -0.15) is 0 Å². The first-order chi connectivity index (χ1) is 39.3. The number of aromatic nitrogens is 4. The summed E-state index contributed by atoms with van der Waals surface area (Å²) >= 11 is 1.63. The lowest BCUT2D eigenvalue weighted by atomic mass is 9.87. The highest BCUT2D eigenvalue weighted by atomic mass is 32.2. The third-order valence-electron chi connectivity index (χ3n) is 18.2. The number of likely N-dealkylation sites (N-methyl/N-ethyl adjacent to an activating group) is 3. The van der Waals surface area contributed by atoms with Gasteiger partial charge in [-0.3, -0.25) is 29.1 Å². The van der Waals surface area contributed by atoms with Crippen LogP contribution in [-0.2, 0) is 80.0 Å². The van der Waals surface area contributed by atoms with E-state index in [1.807, 2.05) is 119 Å². The normalized spacial score (nSPS) is 18.8. The number of carbonyl (C=O) groups is 3. The van der Waals surface area contributed by atoms with E-state index in [9.17, 15) is 49.9 Å². The summed E-state index contributed by atoms with van der Waals surface area (Å²) in [5, 5.41) is 32.1.